The summed E-state index contributed by atoms with van der Waals surface area (Å²) in [5.41, 5.74) is 0.477. The number of amides is 9. The Morgan fingerprint density at radius 3 is 0.839 bits per heavy atom. The third-order valence-electron chi connectivity index (χ3n) is 19.9. The number of alkyl carbamates (subject to hydrolysis) is 1. The standard InChI is InChI=1S/C90H141N13O21/c1-10-14-51-120-77-69-24-20-28-73(77)85(108)95-37-45-102(46-38-96-86(109)74-29-21-25-70(78(74)121-52-15-11-2)82(105)92-34-42-100(41-33-91-81(69)104)49-56-115-62-64-117-60-58-113-8)66-68(119-55-19-18-32-99-89(112)124-90(5,6)7)67-103-47-39-97-87(110)75-30-22-26-71(79(75)122-53-16-12-3)83(106)93-35-43-101(50-57-116-63-65-118-61-59-114-9)44-36-94-84(107)72-27-23-31-76(88(111)98-40-48-103)80(72)123-54-17-13-4/h20-31,68H,10-19,32-67H2,1-9H3,(H,91,104)(H,92,105)(H,93,106)(H,94,107)(H,95,108)(H,96,109)(H,97,110)(H,98,111)(H,99,112). The third-order valence-corrected chi connectivity index (χ3v) is 19.9. The van der Waals surface area contributed by atoms with Gasteiger partial charge in [-0.05, 0) is 108 Å². The number of nitrogens with one attached hydrogen (secondary N) is 9. The van der Waals surface area contributed by atoms with E-state index >= 15 is 0 Å². The number of methoxy groups -OCH3 is 2. The lowest BCUT2D eigenvalue weighted by molar-refractivity contribution is 0.00263. The zero-order valence-corrected chi connectivity index (χ0v) is 74.9. The lowest BCUT2D eigenvalue weighted by Gasteiger charge is -2.32. The Labute approximate surface area is 732 Å². The molecule has 9 N–H and O–H groups in total. The molecule has 6 rings (SSSR count). The van der Waals surface area contributed by atoms with Gasteiger partial charge in [0.1, 0.15) is 28.6 Å². The van der Waals surface area contributed by atoms with Crippen molar-refractivity contribution in [2.24, 2.45) is 0 Å². The molecule has 0 radical (unpaired) electrons. The number of para-hydroxylation sites is 4. The molecule has 0 unspecified atom stereocenters. The van der Waals surface area contributed by atoms with Gasteiger partial charge in [-0.25, -0.2) is 4.79 Å². The number of nitrogens with zero attached hydrogens (tertiary/aromatic N) is 4. The molecule has 4 aromatic rings. The van der Waals surface area contributed by atoms with Crippen LogP contribution < -0.4 is 66.8 Å². The summed E-state index contributed by atoms with van der Waals surface area (Å²) in [6.07, 6.45) is 5.40. The maximum Gasteiger partial charge on any atom is 0.407 e. The lowest BCUT2D eigenvalue weighted by Crippen LogP contribution is -2.48. The predicted molar refractivity (Wildman–Crippen MR) is 472 cm³/mol. The van der Waals surface area contributed by atoms with E-state index in [1.165, 1.54) is 0 Å². The van der Waals surface area contributed by atoms with Crippen LogP contribution in [0.4, 0.5) is 4.79 Å². The van der Waals surface area contributed by atoms with Crippen molar-refractivity contribution in [2.75, 3.05) is 251 Å². The van der Waals surface area contributed by atoms with Crippen molar-refractivity contribution in [3.63, 3.8) is 0 Å². The second kappa shape index (κ2) is 61.1. The van der Waals surface area contributed by atoms with E-state index in [0.29, 0.717) is 144 Å². The van der Waals surface area contributed by atoms with E-state index in [4.69, 9.17) is 56.8 Å². The first kappa shape index (κ1) is 103. The van der Waals surface area contributed by atoms with Gasteiger partial charge in [0, 0.05) is 158 Å². The zero-order chi connectivity index (χ0) is 89.4. The Morgan fingerprint density at radius 1 is 0.339 bits per heavy atom. The van der Waals surface area contributed by atoms with Crippen molar-refractivity contribution < 1.29 is 100.0 Å². The molecule has 4 aromatic carbocycles. The van der Waals surface area contributed by atoms with Gasteiger partial charge < -0.3 is 105 Å². The van der Waals surface area contributed by atoms with Gasteiger partial charge in [0.15, 0.2) is 0 Å². The Balaban J connectivity index is 1.39. The van der Waals surface area contributed by atoms with Gasteiger partial charge in [-0.2, -0.15) is 0 Å². The maximum absolute atomic E-state index is 14.8. The highest BCUT2D eigenvalue weighted by atomic mass is 16.6. The molecule has 2 aliphatic rings. The quantitative estimate of drug-likeness (QED) is 0.0210. The summed E-state index contributed by atoms with van der Waals surface area (Å²) in [7, 11) is 3.21. The number of carbonyl (C=O) groups excluding carboxylic acids is 9. The Hall–Kier alpha value is -9.33. The zero-order valence-electron chi connectivity index (χ0n) is 74.9. The highest BCUT2D eigenvalue weighted by Crippen LogP contribution is 2.30. The van der Waals surface area contributed by atoms with Gasteiger partial charge in [-0.1, -0.05) is 77.6 Å². The van der Waals surface area contributed by atoms with Gasteiger partial charge in [0.2, 0.25) is 0 Å². The highest BCUT2D eigenvalue weighted by molar-refractivity contribution is 6.07. The van der Waals surface area contributed by atoms with E-state index < -0.39 is 65.1 Å². The first-order valence-electron chi connectivity index (χ1n) is 44.3. The molecular weight excluding hydrogens is 1600 g/mol. The number of benzene rings is 4. The summed E-state index contributed by atoms with van der Waals surface area (Å²) in [6.45, 7) is 22.8. The average molecular weight is 1740 g/mol. The van der Waals surface area contributed by atoms with Crippen LogP contribution in [0, 0.1) is 0 Å². The number of rotatable bonds is 44. The van der Waals surface area contributed by atoms with Gasteiger partial charge in [-0.3, -0.25) is 58.0 Å². The monoisotopic (exact) mass is 1740 g/mol. The summed E-state index contributed by atoms with van der Waals surface area (Å²) in [5, 5.41) is 27.4. The molecule has 0 saturated carbocycles. The van der Waals surface area contributed by atoms with Crippen LogP contribution in [0.25, 0.3) is 0 Å². The molecule has 9 amide bonds. The normalized spacial score (nSPS) is 15.8. The van der Waals surface area contributed by atoms with Gasteiger partial charge in [0.05, 0.1) is 143 Å². The molecule has 0 spiro atoms. The first-order chi connectivity index (χ1) is 60.2. The van der Waals surface area contributed by atoms with Crippen molar-refractivity contribution >= 4 is 53.4 Å². The van der Waals surface area contributed by atoms with Gasteiger partial charge >= 0.3 is 6.09 Å². The topological polar surface area (TPSA) is 386 Å². The van der Waals surface area contributed by atoms with Crippen molar-refractivity contribution in [1.82, 2.24) is 67.5 Å². The van der Waals surface area contributed by atoms with Crippen LogP contribution in [0.5, 0.6) is 23.0 Å². The number of carbonyl (C=O) groups is 9. The maximum atomic E-state index is 14.8. The summed E-state index contributed by atoms with van der Waals surface area (Å²) in [5.74, 6) is -3.41. The van der Waals surface area contributed by atoms with Crippen LogP contribution in [0.3, 0.4) is 0 Å². The summed E-state index contributed by atoms with van der Waals surface area (Å²) in [6, 6.07) is 19.4. The minimum Gasteiger partial charge on any atom is -0.492 e. The van der Waals surface area contributed by atoms with E-state index in [9.17, 15) is 43.2 Å². The molecule has 2 aliphatic heterocycles. The molecule has 0 atom stereocenters. The fourth-order valence-electron chi connectivity index (χ4n) is 13.2. The fraction of sp³-hybridized carbons (Fsp3) is 0.633. The smallest absolute Gasteiger partial charge is 0.407 e. The summed E-state index contributed by atoms with van der Waals surface area (Å²) < 4.78 is 71.0. The second-order valence-electron chi connectivity index (χ2n) is 30.9. The lowest BCUT2D eigenvalue weighted by atomic mass is 10.1. The van der Waals surface area contributed by atoms with Crippen molar-refractivity contribution in [3.05, 3.63) is 117 Å². The van der Waals surface area contributed by atoms with E-state index in [-0.39, 0.29) is 199 Å². The minimum atomic E-state index is -0.720. The fourth-order valence-corrected chi connectivity index (χ4v) is 13.2. The van der Waals surface area contributed by atoms with Crippen molar-refractivity contribution in [1.29, 1.82) is 0 Å². The molecule has 0 fully saturated rings. The minimum absolute atomic E-state index is 0.0391. The molecule has 0 aliphatic carbocycles. The van der Waals surface area contributed by atoms with Crippen LogP contribution in [0.15, 0.2) is 72.8 Å². The van der Waals surface area contributed by atoms with Crippen LogP contribution in [0.2, 0.25) is 0 Å². The number of ether oxygens (including phenoxy) is 12. The summed E-state index contributed by atoms with van der Waals surface area (Å²) >= 11 is 0. The number of hydrogen-bond donors (Lipinski definition) is 9. The Bertz CT molecular complexity index is 3420. The highest BCUT2D eigenvalue weighted by Gasteiger charge is 2.29. The molecule has 34 nitrogen and oxygen atoms in total. The van der Waals surface area contributed by atoms with Crippen LogP contribution in [-0.4, -0.2) is 335 Å². The molecule has 0 aromatic heterocycles. The SMILES string of the molecule is CCCCOc1c2cccc1C(=O)NCCN(CC(CN1CCNC(=O)c3cccc(c3OCCCC)C(=O)NCCN(CCOCCOCCOC)CCNC(=O)c3cccc(c3OCCCC)C(=O)NCC1)OCCCCNC(=O)OC(C)(C)C)CCNC(=O)c1cccc(c1OCCCC)C(=O)NCCN(CCOCCOCCOC)CCNC2=O. The van der Waals surface area contributed by atoms with Gasteiger partial charge in [0.25, 0.3) is 47.3 Å². The van der Waals surface area contributed by atoms with Crippen molar-refractivity contribution in [2.45, 2.75) is 124 Å². The molecule has 692 valence electrons. The third kappa shape index (κ3) is 39.5. The van der Waals surface area contributed by atoms with E-state index in [1.807, 2.05) is 47.3 Å². The van der Waals surface area contributed by atoms with Crippen molar-refractivity contribution in [3.8, 4) is 23.0 Å². The molecule has 124 heavy (non-hydrogen) atoms. The Morgan fingerprint density at radius 2 is 0.589 bits per heavy atom. The number of unbranched alkanes of at least 4 members (excludes halogenated alkanes) is 5. The molecular formula is C90H141N13O21. The summed E-state index contributed by atoms with van der Waals surface area (Å²) in [4.78, 5) is 138. The molecule has 8 bridgehead atoms. The Kier molecular flexibility index (Phi) is 51.0. The van der Waals surface area contributed by atoms with Crippen LogP contribution in [-0.2, 0) is 37.9 Å². The molecule has 34 heteroatoms. The number of fused-ring (bicyclic) bond motifs is 8. The van der Waals surface area contributed by atoms with Crippen LogP contribution >= 0.6 is 0 Å². The second-order valence-corrected chi connectivity index (χ2v) is 30.9. The molecule has 2 heterocycles. The first-order valence-corrected chi connectivity index (χ1v) is 44.3. The average Bonchev–Trinajstić information content (AvgIpc) is 0.822. The van der Waals surface area contributed by atoms with E-state index in [2.05, 4.69) is 47.9 Å². The largest absolute Gasteiger partial charge is 0.492 e. The number of hydrogen-bond acceptors (Lipinski definition) is 25. The van der Waals surface area contributed by atoms with E-state index in [0.717, 1.165) is 25.7 Å². The van der Waals surface area contributed by atoms with Crippen LogP contribution in [0.1, 0.15) is 196 Å². The molecule has 0 saturated heterocycles. The van der Waals surface area contributed by atoms with Gasteiger partial charge in [-0.15, -0.1) is 0 Å². The van der Waals surface area contributed by atoms with E-state index in [1.54, 1.807) is 108 Å². The predicted octanol–water partition coefficient (Wildman–Crippen LogP) is 6.63.